The Morgan fingerprint density at radius 3 is 2.37 bits per heavy atom. The maximum Gasteiger partial charge on any atom is 0.242 e. The summed E-state index contributed by atoms with van der Waals surface area (Å²) in [6.45, 7) is 9.53. The Morgan fingerprint density at radius 1 is 1.11 bits per heavy atom. The van der Waals surface area contributed by atoms with E-state index >= 15 is 0 Å². The maximum absolute atomic E-state index is 4.46. The molecule has 1 aliphatic carbocycles. The number of anilines is 1. The van der Waals surface area contributed by atoms with Gasteiger partial charge in [-0.1, -0.05) is 26.7 Å². The second-order valence-corrected chi connectivity index (χ2v) is 6.46. The van der Waals surface area contributed by atoms with Crippen molar-refractivity contribution < 1.29 is 0 Å². The zero-order valence-electron chi connectivity index (χ0n) is 12.7. The van der Waals surface area contributed by atoms with Gasteiger partial charge in [-0.2, -0.15) is 5.10 Å². The van der Waals surface area contributed by atoms with E-state index in [4.69, 9.17) is 0 Å². The van der Waals surface area contributed by atoms with Crippen LogP contribution in [0.1, 0.15) is 57.3 Å². The Hall–Kier alpha value is -1.19. The van der Waals surface area contributed by atoms with Gasteiger partial charge < -0.3 is 5.32 Å². The minimum atomic E-state index is 0.441. The van der Waals surface area contributed by atoms with Crippen LogP contribution in [-0.4, -0.2) is 21.7 Å². The molecule has 1 aromatic heterocycles. The van der Waals surface area contributed by atoms with Gasteiger partial charge >= 0.3 is 0 Å². The van der Waals surface area contributed by atoms with Gasteiger partial charge in [0.05, 0.1) is 11.4 Å². The fourth-order valence-electron chi connectivity index (χ4n) is 3.24. The lowest BCUT2D eigenvalue weighted by Crippen LogP contribution is -2.29. The highest BCUT2D eigenvalue weighted by atomic mass is 15.2. The van der Waals surface area contributed by atoms with Crippen LogP contribution in [-0.2, 0) is 0 Å². The summed E-state index contributed by atoms with van der Waals surface area (Å²) in [5.41, 5.74) is 2.31. The van der Waals surface area contributed by atoms with E-state index in [9.17, 15) is 0 Å². The van der Waals surface area contributed by atoms with Crippen LogP contribution in [0.3, 0.4) is 0 Å². The van der Waals surface area contributed by atoms with E-state index < -0.39 is 0 Å². The Morgan fingerprint density at radius 2 is 1.79 bits per heavy atom. The molecule has 1 heterocycles. The van der Waals surface area contributed by atoms with Gasteiger partial charge in [0.2, 0.25) is 5.95 Å². The van der Waals surface area contributed by atoms with Crippen LogP contribution in [0.4, 0.5) is 5.95 Å². The molecule has 0 saturated heterocycles. The summed E-state index contributed by atoms with van der Waals surface area (Å²) in [6, 6.07) is 0. The van der Waals surface area contributed by atoms with Gasteiger partial charge in [0, 0.05) is 6.54 Å². The standard InChI is InChI=1S/C15H26N4/c1-11(2)9-15(7-5-6-8-15)10-16-14-17-12(3)13(4)18-19-14/h11H,5-10H2,1-4H3,(H,16,17,19). The molecule has 1 aromatic rings. The Balaban J connectivity index is 2.00. The molecule has 1 aliphatic rings. The minimum absolute atomic E-state index is 0.441. The highest BCUT2D eigenvalue weighted by Crippen LogP contribution is 2.43. The van der Waals surface area contributed by atoms with Crippen LogP contribution in [0.25, 0.3) is 0 Å². The summed E-state index contributed by atoms with van der Waals surface area (Å²) < 4.78 is 0. The third-order valence-corrected chi connectivity index (χ3v) is 4.22. The lowest BCUT2D eigenvalue weighted by atomic mass is 9.78. The van der Waals surface area contributed by atoms with E-state index in [1.165, 1.54) is 32.1 Å². The molecule has 106 valence electrons. The molecule has 0 spiro atoms. The highest BCUT2D eigenvalue weighted by molar-refractivity contribution is 5.25. The molecule has 0 radical (unpaired) electrons. The molecular weight excluding hydrogens is 236 g/mol. The summed E-state index contributed by atoms with van der Waals surface area (Å²) in [5, 5.41) is 11.7. The molecule has 19 heavy (non-hydrogen) atoms. The van der Waals surface area contributed by atoms with Gasteiger partial charge in [-0.25, -0.2) is 4.98 Å². The normalized spacial score (nSPS) is 17.9. The summed E-state index contributed by atoms with van der Waals surface area (Å²) in [7, 11) is 0. The largest absolute Gasteiger partial charge is 0.352 e. The Labute approximate surface area is 116 Å². The molecule has 4 heteroatoms. The van der Waals surface area contributed by atoms with Crippen LogP contribution >= 0.6 is 0 Å². The number of aryl methyl sites for hydroxylation is 2. The number of aromatic nitrogens is 3. The van der Waals surface area contributed by atoms with Gasteiger partial charge in [-0.05, 0) is 44.4 Å². The lowest BCUT2D eigenvalue weighted by Gasteiger charge is -2.31. The molecule has 0 unspecified atom stereocenters. The first-order chi connectivity index (χ1) is 9.01. The van der Waals surface area contributed by atoms with Crippen LogP contribution in [0, 0.1) is 25.2 Å². The van der Waals surface area contributed by atoms with Crippen LogP contribution in [0.5, 0.6) is 0 Å². The molecule has 0 aromatic carbocycles. The number of hydrogen-bond acceptors (Lipinski definition) is 4. The second kappa shape index (κ2) is 5.85. The molecule has 0 aliphatic heterocycles. The molecule has 4 nitrogen and oxygen atoms in total. The highest BCUT2D eigenvalue weighted by Gasteiger charge is 2.34. The third kappa shape index (κ3) is 3.64. The zero-order valence-corrected chi connectivity index (χ0v) is 12.7. The van der Waals surface area contributed by atoms with E-state index in [2.05, 4.69) is 34.3 Å². The zero-order chi connectivity index (χ0) is 13.9. The van der Waals surface area contributed by atoms with Crippen molar-refractivity contribution in [1.29, 1.82) is 0 Å². The Kier molecular flexibility index (Phi) is 4.38. The van der Waals surface area contributed by atoms with Crippen molar-refractivity contribution in [2.45, 2.75) is 59.8 Å². The molecule has 1 saturated carbocycles. The maximum atomic E-state index is 4.46. The monoisotopic (exact) mass is 262 g/mol. The molecule has 1 fully saturated rings. The van der Waals surface area contributed by atoms with Crippen molar-refractivity contribution in [3.63, 3.8) is 0 Å². The molecule has 0 atom stereocenters. The summed E-state index contributed by atoms with van der Waals surface area (Å²) in [6.07, 6.45) is 6.67. The van der Waals surface area contributed by atoms with E-state index in [-0.39, 0.29) is 0 Å². The molecular formula is C15H26N4. The van der Waals surface area contributed by atoms with Gasteiger partial charge in [0.25, 0.3) is 0 Å². The van der Waals surface area contributed by atoms with E-state index in [1.807, 2.05) is 13.8 Å². The molecule has 2 rings (SSSR count). The quantitative estimate of drug-likeness (QED) is 0.882. The smallest absolute Gasteiger partial charge is 0.242 e. The van der Waals surface area contributed by atoms with Crippen molar-refractivity contribution in [2.75, 3.05) is 11.9 Å². The molecule has 0 bridgehead atoms. The van der Waals surface area contributed by atoms with Gasteiger partial charge in [-0.3, -0.25) is 0 Å². The van der Waals surface area contributed by atoms with E-state index in [0.717, 1.165) is 23.9 Å². The average Bonchev–Trinajstić information content (AvgIpc) is 2.79. The van der Waals surface area contributed by atoms with Gasteiger partial charge in [-0.15, -0.1) is 5.10 Å². The van der Waals surface area contributed by atoms with Crippen LogP contribution < -0.4 is 5.32 Å². The average molecular weight is 262 g/mol. The second-order valence-electron chi connectivity index (χ2n) is 6.46. The van der Waals surface area contributed by atoms with E-state index in [0.29, 0.717) is 11.4 Å². The topological polar surface area (TPSA) is 50.7 Å². The van der Waals surface area contributed by atoms with Crippen molar-refractivity contribution in [1.82, 2.24) is 15.2 Å². The number of nitrogens with zero attached hydrogens (tertiary/aromatic N) is 3. The fourth-order valence-corrected chi connectivity index (χ4v) is 3.24. The Bertz CT molecular complexity index is 422. The van der Waals surface area contributed by atoms with Gasteiger partial charge in [0.15, 0.2) is 0 Å². The van der Waals surface area contributed by atoms with Crippen molar-refractivity contribution in [3.05, 3.63) is 11.4 Å². The first kappa shape index (κ1) is 14.2. The minimum Gasteiger partial charge on any atom is -0.352 e. The summed E-state index contributed by atoms with van der Waals surface area (Å²) in [4.78, 5) is 4.46. The summed E-state index contributed by atoms with van der Waals surface area (Å²) in [5.74, 6) is 1.43. The fraction of sp³-hybridized carbons (Fsp3) is 0.800. The van der Waals surface area contributed by atoms with Crippen LogP contribution in [0.2, 0.25) is 0 Å². The molecule has 1 N–H and O–H groups in total. The number of nitrogens with one attached hydrogen (secondary N) is 1. The van der Waals surface area contributed by atoms with Gasteiger partial charge in [0.1, 0.15) is 0 Å². The SMILES string of the molecule is Cc1nnc(NCC2(CC(C)C)CCCC2)nc1C. The first-order valence-electron chi connectivity index (χ1n) is 7.43. The van der Waals surface area contributed by atoms with Crippen LogP contribution in [0.15, 0.2) is 0 Å². The predicted octanol–water partition coefficient (Wildman–Crippen LogP) is 3.51. The third-order valence-electron chi connectivity index (χ3n) is 4.22. The predicted molar refractivity (Wildman–Crippen MR) is 78.1 cm³/mol. The number of rotatable bonds is 5. The lowest BCUT2D eigenvalue weighted by molar-refractivity contribution is 0.252. The van der Waals surface area contributed by atoms with Crippen molar-refractivity contribution in [3.8, 4) is 0 Å². The van der Waals surface area contributed by atoms with Crippen molar-refractivity contribution >= 4 is 5.95 Å². The van der Waals surface area contributed by atoms with Crippen molar-refractivity contribution in [2.24, 2.45) is 11.3 Å². The number of hydrogen-bond donors (Lipinski definition) is 1. The first-order valence-corrected chi connectivity index (χ1v) is 7.43. The summed E-state index contributed by atoms with van der Waals surface area (Å²) >= 11 is 0. The molecule has 0 amide bonds. The van der Waals surface area contributed by atoms with E-state index in [1.54, 1.807) is 0 Å².